The first kappa shape index (κ1) is 24.1. The number of methoxy groups -OCH3 is 2. The predicted molar refractivity (Wildman–Crippen MR) is 137 cm³/mol. The molecule has 188 valence electrons. The Bertz CT molecular complexity index is 1680. The first-order valence-corrected chi connectivity index (χ1v) is 11.6. The number of halogens is 1. The van der Waals surface area contributed by atoms with Gasteiger partial charge in [0.25, 0.3) is 0 Å². The monoisotopic (exact) mass is 501 g/mol. The van der Waals surface area contributed by atoms with Crippen LogP contribution in [0.15, 0.2) is 74.5 Å². The van der Waals surface area contributed by atoms with Gasteiger partial charge in [-0.15, -0.1) is 0 Å². The van der Waals surface area contributed by atoms with Crippen molar-refractivity contribution in [1.29, 1.82) is 0 Å². The van der Waals surface area contributed by atoms with Crippen molar-refractivity contribution in [3.63, 3.8) is 0 Å². The van der Waals surface area contributed by atoms with Gasteiger partial charge < -0.3 is 23.6 Å². The average Bonchev–Trinajstić information content (AvgIpc) is 3.32. The van der Waals surface area contributed by atoms with Crippen molar-refractivity contribution in [2.45, 2.75) is 19.9 Å². The van der Waals surface area contributed by atoms with Crippen LogP contribution in [0.25, 0.3) is 33.1 Å². The lowest BCUT2D eigenvalue weighted by Gasteiger charge is -2.11. The van der Waals surface area contributed by atoms with E-state index in [0.29, 0.717) is 33.6 Å². The number of ether oxygens (including phenoxy) is 2. The predicted octanol–water partition coefficient (Wildman–Crippen LogP) is 5.53. The molecule has 0 aliphatic carbocycles. The number of carbonyl (C=O) groups excluding carboxylic acids is 1. The zero-order chi connectivity index (χ0) is 26.1. The lowest BCUT2D eigenvalue weighted by atomic mass is 9.99. The van der Waals surface area contributed by atoms with E-state index in [2.05, 4.69) is 5.32 Å². The van der Waals surface area contributed by atoms with Gasteiger partial charge in [0.2, 0.25) is 5.91 Å². The average molecular weight is 502 g/mol. The molecule has 0 atom stereocenters. The van der Waals surface area contributed by atoms with Crippen LogP contribution in [0.3, 0.4) is 0 Å². The molecule has 2 aromatic heterocycles. The Balaban J connectivity index is 1.42. The fourth-order valence-corrected chi connectivity index (χ4v) is 4.38. The van der Waals surface area contributed by atoms with Gasteiger partial charge >= 0.3 is 5.63 Å². The van der Waals surface area contributed by atoms with Crippen LogP contribution in [0.4, 0.5) is 4.39 Å². The minimum Gasteiger partial charge on any atom is -0.493 e. The van der Waals surface area contributed by atoms with Crippen molar-refractivity contribution in [2.75, 3.05) is 14.2 Å². The highest BCUT2D eigenvalue weighted by molar-refractivity contribution is 6.02. The number of amides is 1. The third kappa shape index (κ3) is 4.65. The number of furan rings is 1. The highest BCUT2D eigenvalue weighted by atomic mass is 19.1. The third-order valence-electron chi connectivity index (χ3n) is 6.41. The molecule has 0 aliphatic rings. The number of benzene rings is 3. The molecule has 2 heterocycles. The number of hydrogen-bond acceptors (Lipinski definition) is 6. The van der Waals surface area contributed by atoms with Crippen LogP contribution in [-0.4, -0.2) is 20.1 Å². The summed E-state index contributed by atoms with van der Waals surface area (Å²) in [7, 11) is 3.10. The third-order valence-corrected chi connectivity index (χ3v) is 6.41. The van der Waals surface area contributed by atoms with E-state index in [1.54, 1.807) is 57.7 Å². The number of hydrogen-bond donors (Lipinski definition) is 1. The van der Waals surface area contributed by atoms with Gasteiger partial charge in [0.05, 0.1) is 32.5 Å². The molecule has 0 spiro atoms. The minimum atomic E-state index is -0.573. The zero-order valence-electron chi connectivity index (χ0n) is 20.5. The summed E-state index contributed by atoms with van der Waals surface area (Å²) in [6.45, 7) is 2.05. The van der Waals surface area contributed by atoms with Crippen molar-refractivity contribution < 1.29 is 27.5 Å². The van der Waals surface area contributed by atoms with E-state index in [1.807, 2.05) is 12.1 Å². The van der Waals surface area contributed by atoms with E-state index in [-0.39, 0.29) is 30.3 Å². The van der Waals surface area contributed by atoms with Crippen LogP contribution in [0, 0.1) is 12.7 Å². The van der Waals surface area contributed by atoms with Crippen molar-refractivity contribution in [1.82, 2.24) is 5.32 Å². The molecule has 5 rings (SSSR count). The van der Waals surface area contributed by atoms with Crippen molar-refractivity contribution in [3.8, 4) is 22.6 Å². The lowest BCUT2D eigenvalue weighted by molar-refractivity contribution is -0.120. The molecule has 0 aliphatic heterocycles. The Kier molecular flexibility index (Phi) is 6.40. The quantitative estimate of drug-likeness (QED) is 0.295. The largest absolute Gasteiger partial charge is 0.493 e. The molecule has 0 saturated heterocycles. The Morgan fingerprint density at radius 1 is 0.946 bits per heavy atom. The standard InChI is InChI=1S/C29H24FNO6/c1-16-20-11-22-23(18-5-7-19(30)8-6-18)15-36-25(22)13-26(20)37-29(33)21(16)12-28(32)31-14-17-4-9-24(34-2)27(10-17)35-3/h4-11,13,15H,12,14H2,1-3H3,(H,31,32). The molecule has 8 heteroatoms. The van der Waals surface area contributed by atoms with Crippen LogP contribution in [-0.2, 0) is 17.8 Å². The summed E-state index contributed by atoms with van der Waals surface area (Å²) in [5, 5.41) is 4.32. The number of rotatable bonds is 7. The topological polar surface area (TPSA) is 90.9 Å². The van der Waals surface area contributed by atoms with Gasteiger partial charge in [-0.3, -0.25) is 4.79 Å². The summed E-state index contributed by atoms with van der Waals surface area (Å²) in [5.74, 6) is 0.511. The molecule has 0 bridgehead atoms. The molecule has 37 heavy (non-hydrogen) atoms. The fraction of sp³-hybridized carbons (Fsp3) is 0.172. The Morgan fingerprint density at radius 2 is 1.70 bits per heavy atom. The molecule has 0 unspecified atom stereocenters. The van der Waals surface area contributed by atoms with E-state index in [0.717, 1.165) is 22.1 Å². The molecule has 3 aromatic carbocycles. The van der Waals surface area contributed by atoms with Gasteiger partial charge in [-0.1, -0.05) is 18.2 Å². The maximum atomic E-state index is 13.4. The van der Waals surface area contributed by atoms with E-state index >= 15 is 0 Å². The zero-order valence-corrected chi connectivity index (χ0v) is 20.5. The molecular weight excluding hydrogens is 477 g/mol. The van der Waals surface area contributed by atoms with Crippen LogP contribution >= 0.6 is 0 Å². The number of carbonyl (C=O) groups is 1. The summed E-state index contributed by atoms with van der Waals surface area (Å²) in [6, 6.07) is 15.0. The van der Waals surface area contributed by atoms with Crippen molar-refractivity contribution >= 4 is 27.8 Å². The van der Waals surface area contributed by atoms with E-state index in [9.17, 15) is 14.0 Å². The Hall–Kier alpha value is -4.59. The number of aryl methyl sites for hydroxylation is 1. The highest BCUT2D eigenvalue weighted by Crippen LogP contribution is 2.34. The lowest BCUT2D eigenvalue weighted by Crippen LogP contribution is -2.27. The van der Waals surface area contributed by atoms with Crippen LogP contribution in [0.1, 0.15) is 16.7 Å². The highest BCUT2D eigenvalue weighted by Gasteiger charge is 2.18. The molecule has 1 N–H and O–H groups in total. The number of fused-ring (bicyclic) bond motifs is 2. The van der Waals surface area contributed by atoms with E-state index < -0.39 is 5.63 Å². The summed E-state index contributed by atoms with van der Waals surface area (Å²) >= 11 is 0. The Morgan fingerprint density at radius 3 is 2.43 bits per heavy atom. The summed E-state index contributed by atoms with van der Waals surface area (Å²) in [6.07, 6.45) is 1.46. The normalized spacial score (nSPS) is 11.1. The fourth-order valence-electron chi connectivity index (χ4n) is 4.38. The SMILES string of the molecule is COc1ccc(CNC(=O)Cc2c(C)c3cc4c(-c5ccc(F)cc5)coc4cc3oc2=O)cc1OC. The van der Waals surface area contributed by atoms with Crippen molar-refractivity contribution in [2.24, 2.45) is 0 Å². The second kappa shape index (κ2) is 9.81. The summed E-state index contributed by atoms with van der Waals surface area (Å²) in [4.78, 5) is 25.5. The second-order valence-electron chi connectivity index (χ2n) is 8.64. The van der Waals surface area contributed by atoms with Crippen LogP contribution in [0.2, 0.25) is 0 Å². The van der Waals surface area contributed by atoms with E-state index in [1.165, 1.54) is 12.1 Å². The van der Waals surface area contributed by atoms with Gasteiger partial charge in [-0.25, -0.2) is 9.18 Å². The van der Waals surface area contributed by atoms with Gasteiger partial charge in [0.15, 0.2) is 11.5 Å². The smallest absolute Gasteiger partial charge is 0.340 e. The van der Waals surface area contributed by atoms with E-state index in [4.69, 9.17) is 18.3 Å². The van der Waals surface area contributed by atoms with Gasteiger partial charge in [0, 0.05) is 28.9 Å². The van der Waals surface area contributed by atoms with Crippen LogP contribution < -0.4 is 20.4 Å². The summed E-state index contributed by atoms with van der Waals surface area (Å²) < 4.78 is 35.2. The molecular formula is C29H24FNO6. The van der Waals surface area contributed by atoms with Gasteiger partial charge in [-0.2, -0.15) is 0 Å². The summed E-state index contributed by atoms with van der Waals surface area (Å²) in [5.41, 5.74) is 3.67. The molecule has 7 nitrogen and oxygen atoms in total. The van der Waals surface area contributed by atoms with Crippen LogP contribution in [0.5, 0.6) is 11.5 Å². The number of nitrogens with one attached hydrogen (secondary N) is 1. The second-order valence-corrected chi connectivity index (χ2v) is 8.64. The molecule has 0 fully saturated rings. The molecule has 0 radical (unpaired) electrons. The van der Waals surface area contributed by atoms with Gasteiger partial charge in [-0.05, 0) is 53.9 Å². The molecule has 5 aromatic rings. The molecule has 0 saturated carbocycles. The Labute approximate surface area is 211 Å². The maximum absolute atomic E-state index is 13.4. The first-order valence-electron chi connectivity index (χ1n) is 11.6. The minimum absolute atomic E-state index is 0.133. The maximum Gasteiger partial charge on any atom is 0.340 e. The first-order chi connectivity index (χ1) is 17.9. The molecule has 1 amide bonds. The van der Waals surface area contributed by atoms with Crippen molar-refractivity contribution in [3.05, 3.63) is 93.8 Å². The van der Waals surface area contributed by atoms with Gasteiger partial charge in [0.1, 0.15) is 17.0 Å².